The van der Waals surface area contributed by atoms with E-state index in [-0.39, 0.29) is 5.91 Å². The predicted octanol–water partition coefficient (Wildman–Crippen LogP) is 3.63. The van der Waals surface area contributed by atoms with Crippen molar-refractivity contribution >= 4 is 11.6 Å². The van der Waals surface area contributed by atoms with Gasteiger partial charge in [0.25, 0.3) is 0 Å². The number of nitrogens with one attached hydrogen (secondary N) is 1. The van der Waals surface area contributed by atoms with E-state index in [1.165, 1.54) is 0 Å². The minimum absolute atomic E-state index is 0.284. The van der Waals surface area contributed by atoms with Crippen LogP contribution in [0.3, 0.4) is 0 Å². The minimum Gasteiger partial charge on any atom is -0.497 e. The number of carbonyl (C=O) groups excluding carboxylic acids is 1. The molecule has 0 fully saturated rings. The van der Waals surface area contributed by atoms with Crippen molar-refractivity contribution in [2.45, 2.75) is 20.3 Å². The second kappa shape index (κ2) is 7.46. The lowest BCUT2D eigenvalue weighted by molar-refractivity contribution is -0.118. The van der Waals surface area contributed by atoms with E-state index in [9.17, 15) is 10.1 Å². The number of rotatable bonds is 5. The maximum atomic E-state index is 12.3. The molecular formula is C19H20N2O2. The van der Waals surface area contributed by atoms with E-state index in [1.54, 1.807) is 7.11 Å². The molecule has 0 saturated heterocycles. The molecule has 23 heavy (non-hydrogen) atoms. The summed E-state index contributed by atoms with van der Waals surface area (Å²) in [6, 6.07) is 15.3. The number of hydrogen-bond acceptors (Lipinski definition) is 3. The summed E-state index contributed by atoms with van der Waals surface area (Å²) >= 11 is 0. The summed E-state index contributed by atoms with van der Waals surface area (Å²) in [6.07, 6.45) is 0.372. The molecule has 0 spiro atoms. The van der Waals surface area contributed by atoms with Crippen LogP contribution in [0.2, 0.25) is 0 Å². The van der Waals surface area contributed by atoms with E-state index >= 15 is 0 Å². The SMILES string of the molecule is COc1ccc(C[C@@H](C#N)C(=O)Nc2cc(C)cc(C)c2)cc1. The fourth-order valence-corrected chi connectivity index (χ4v) is 2.47. The molecule has 0 unspecified atom stereocenters. The third-order valence-electron chi connectivity index (χ3n) is 3.56. The molecular weight excluding hydrogens is 288 g/mol. The molecule has 118 valence electrons. The Morgan fingerprint density at radius 3 is 2.30 bits per heavy atom. The molecule has 0 aliphatic heterocycles. The highest BCUT2D eigenvalue weighted by Crippen LogP contribution is 2.18. The van der Waals surface area contributed by atoms with Crippen LogP contribution in [0.15, 0.2) is 42.5 Å². The predicted molar refractivity (Wildman–Crippen MR) is 90.3 cm³/mol. The fraction of sp³-hybridized carbons (Fsp3) is 0.263. The van der Waals surface area contributed by atoms with Crippen molar-refractivity contribution in [3.05, 3.63) is 59.2 Å². The van der Waals surface area contributed by atoms with E-state index in [0.717, 1.165) is 28.1 Å². The van der Waals surface area contributed by atoms with Gasteiger partial charge in [-0.15, -0.1) is 0 Å². The van der Waals surface area contributed by atoms with Gasteiger partial charge in [0.2, 0.25) is 5.91 Å². The van der Waals surface area contributed by atoms with E-state index in [4.69, 9.17) is 4.74 Å². The quantitative estimate of drug-likeness (QED) is 0.917. The van der Waals surface area contributed by atoms with Crippen molar-refractivity contribution in [1.82, 2.24) is 0 Å². The van der Waals surface area contributed by atoms with Gasteiger partial charge in [0.1, 0.15) is 11.7 Å². The van der Waals surface area contributed by atoms with Crippen molar-refractivity contribution in [2.75, 3.05) is 12.4 Å². The number of amides is 1. The first-order valence-corrected chi connectivity index (χ1v) is 7.43. The lowest BCUT2D eigenvalue weighted by Gasteiger charge is -2.12. The first-order valence-electron chi connectivity index (χ1n) is 7.43. The van der Waals surface area contributed by atoms with Crippen LogP contribution in [0, 0.1) is 31.1 Å². The maximum absolute atomic E-state index is 12.3. The van der Waals surface area contributed by atoms with Crippen molar-refractivity contribution in [2.24, 2.45) is 5.92 Å². The number of methoxy groups -OCH3 is 1. The Bertz CT molecular complexity index is 710. The summed E-state index contributed by atoms with van der Waals surface area (Å²) < 4.78 is 5.11. The topological polar surface area (TPSA) is 62.1 Å². The molecule has 0 aromatic heterocycles. The van der Waals surface area contributed by atoms with Crippen molar-refractivity contribution in [1.29, 1.82) is 5.26 Å². The normalized spacial score (nSPS) is 11.4. The average Bonchev–Trinajstić information content (AvgIpc) is 2.52. The Kier molecular flexibility index (Phi) is 5.37. The molecule has 1 atom stereocenters. The Hall–Kier alpha value is -2.80. The van der Waals surface area contributed by atoms with E-state index < -0.39 is 5.92 Å². The fourth-order valence-electron chi connectivity index (χ4n) is 2.47. The number of aryl methyl sites for hydroxylation is 2. The molecule has 0 radical (unpaired) electrons. The van der Waals surface area contributed by atoms with Gasteiger partial charge in [-0.05, 0) is 61.2 Å². The highest BCUT2D eigenvalue weighted by Gasteiger charge is 2.18. The second-order valence-corrected chi connectivity index (χ2v) is 5.60. The van der Waals surface area contributed by atoms with Crippen molar-refractivity contribution in [3.8, 4) is 11.8 Å². The van der Waals surface area contributed by atoms with E-state index in [0.29, 0.717) is 6.42 Å². The molecule has 0 bridgehead atoms. The van der Waals surface area contributed by atoms with Crippen LogP contribution in [0.25, 0.3) is 0 Å². The molecule has 1 amide bonds. The van der Waals surface area contributed by atoms with Crippen LogP contribution in [0.1, 0.15) is 16.7 Å². The summed E-state index contributed by atoms with van der Waals surface area (Å²) in [6.45, 7) is 3.95. The van der Waals surface area contributed by atoms with Gasteiger partial charge in [-0.2, -0.15) is 5.26 Å². The zero-order chi connectivity index (χ0) is 16.8. The zero-order valence-electron chi connectivity index (χ0n) is 13.6. The highest BCUT2D eigenvalue weighted by atomic mass is 16.5. The van der Waals surface area contributed by atoms with Gasteiger partial charge >= 0.3 is 0 Å². The Labute approximate surface area is 136 Å². The lowest BCUT2D eigenvalue weighted by Crippen LogP contribution is -2.23. The summed E-state index contributed by atoms with van der Waals surface area (Å²) in [5.41, 5.74) is 3.79. The van der Waals surface area contributed by atoms with Gasteiger partial charge in [0, 0.05) is 5.69 Å². The monoisotopic (exact) mass is 308 g/mol. The second-order valence-electron chi connectivity index (χ2n) is 5.60. The van der Waals surface area contributed by atoms with Crippen LogP contribution in [-0.2, 0) is 11.2 Å². The first-order chi connectivity index (χ1) is 11.0. The summed E-state index contributed by atoms with van der Waals surface area (Å²) in [7, 11) is 1.60. The number of benzene rings is 2. The van der Waals surface area contributed by atoms with Crippen molar-refractivity contribution in [3.63, 3.8) is 0 Å². The first kappa shape index (κ1) is 16.6. The standard InChI is InChI=1S/C19H20N2O2/c1-13-8-14(2)10-17(9-13)21-19(22)16(12-20)11-15-4-6-18(23-3)7-5-15/h4-10,16H,11H2,1-3H3,(H,21,22)/t16-/m0/s1. The van der Waals surface area contributed by atoms with Crippen LogP contribution in [0.4, 0.5) is 5.69 Å². The van der Waals surface area contributed by atoms with Crippen LogP contribution >= 0.6 is 0 Å². The smallest absolute Gasteiger partial charge is 0.242 e. The Morgan fingerprint density at radius 2 is 1.78 bits per heavy atom. The largest absolute Gasteiger partial charge is 0.497 e. The number of hydrogen-bond donors (Lipinski definition) is 1. The van der Waals surface area contributed by atoms with Crippen LogP contribution < -0.4 is 10.1 Å². The summed E-state index contributed by atoms with van der Waals surface area (Å²) in [4.78, 5) is 12.3. The Balaban J connectivity index is 2.07. The Morgan fingerprint density at radius 1 is 1.17 bits per heavy atom. The van der Waals surface area contributed by atoms with Gasteiger partial charge in [0.15, 0.2) is 0 Å². The molecule has 4 nitrogen and oxygen atoms in total. The third kappa shape index (κ3) is 4.58. The molecule has 4 heteroatoms. The molecule has 2 aromatic rings. The number of anilines is 1. The van der Waals surface area contributed by atoms with Gasteiger partial charge in [-0.3, -0.25) is 4.79 Å². The zero-order valence-corrected chi connectivity index (χ0v) is 13.6. The van der Waals surface area contributed by atoms with Gasteiger partial charge in [-0.25, -0.2) is 0 Å². The number of ether oxygens (including phenoxy) is 1. The van der Waals surface area contributed by atoms with Gasteiger partial charge in [0.05, 0.1) is 13.2 Å². The molecule has 0 aliphatic carbocycles. The van der Waals surface area contributed by atoms with E-state index in [1.807, 2.05) is 56.3 Å². The average molecular weight is 308 g/mol. The summed E-state index contributed by atoms with van der Waals surface area (Å²) in [5, 5.41) is 12.1. The molecule has 0 aliphatic rings. The third-order valence-corrected chi connectivity index (χ3v) is 3.56. The molecule has 1 N–H and O–H groups in total. The number of nitrogens with zero attached hydrogens (tertiary/aromatic N) is 1. The minimum atomic E-state index is -0.732. The summed E-state index contributed by atoms with van der Waals surface area (Å²) in [5.74, 6) is -0.264. The molecule has 2 rings (SSSR count). The lowest BCUT2D eigenvalue weighted by atomic mass is 9.99. The molecule has 0 saturated carbocycles. The van der Waals surface area contributed by atoms with Crippen molar-refractivity contribution < 1.29 is 9.53 Å². The van der Waals surface area contributed by atoms with Crippen LogP contribution in [-0.4, -0.2) is 13.0 Å². The maximum Gasteiger partial charge on any atom is 0.242 e. The molecule has 0 heterocycles. The van der Waals surface area contributed by atoms with E-state index in [2.05, 4.69) is 11.4 Å². The molecule has 2 aromatic carbocycles. The van der Waals surface area contributed by atoms with Gasteiger partial charge < -0.3 is 10.1 Å². The van der Waals surface area contributed by atoms with Crippen LogP contribution in [0.5, 0.6) is 5.75 Å². The number of carbonyl (C=O) groups is 1. The number of nitriles is 1. The highest BCUT2D eigenvalue weighted by molar-refractivity contribution is 5.94. The van der Waals surface area contributed by atoms with Gasteiger partial charge in [-0.1, -0.05) is 18.2 Å².